The molecule has 6 rings (SSSR count). The lowest BCUT2D eigenvalue weighted by Crippen LogP contribution is -2.77. The number of carbonyl (C=O) groups is 4. The highest BCUT2D eigenvalue weighted by molar-refractivity contribution is 5.93. The molecule has 0 N–H and O–H groups in total. The lowest BCUT2D eigenvalue weighted by atomic mass is 9.55. The topological polar surface area (TPSA) is 108 Å². The predicted molar refractivity (Wildman–Crippen MR) is 106 cm³/mol. The minimum atomic E-state index is -1.12. The van der Waals surface area contributed by atoms with E-state index in [-0.39, 0.29) is 24.6 Å². The Morgan fingerprint density at radius 1 is 1.22 bits per heavy atom. The second-order valence-electron chi connectivity index (χ2n) is 9.39. The third-order valence-corrected chi connectivity index (χ3v) is 7.98. The molecule has 1 amide bonds. The van der Waals surface area contributed by atoms with Crippen molar-refractivity contribution >= 4 is 23.8 Å². The monoisotopic (exact) mass is 441 g/mol. The molecule has 2 saturated carbocycles. The molecule has 2 aliphatic heterocycles. The van der Waals surface area contributed by atoms with Crippen molar-refractivity contribution in [1.29, 1.82) is 0 Å². The predicted octanol–water partition coefficient (Wildman–Crippen LogP) is 1.77. The largest absolute Gasteiger partial charge is 0.477 e. The second kappa shape index (κ2) is 5.82. The zero-order valence-corrected chi connectivity index (χ0v) is 18.1. The Bertz CT molecular complexity index is 1130. The molecule has 0 radical (unpaired) electrons. The fraction of sp³-hybridized carbons (Fsp3) is 0.565. The van der Waals surface area contributed by atoms with Gasteiger partial charge in [0.1, 0.15) is 5.60 Å². The quantitative estimate of drug-likeness (QED) is 0.516. The minimum Gasteiger partial charge on any atom is -0.477 e. The van der Waals surface area contributed by atoms with Gasteiger partial charge in [0.25, 0.3) is 0 Å². The Hall–Kier alpha value is -3.10. The molecule has 4 unspecified atom stereocenters. The van der Waals surface area contributed by atoms with Gasteiger partial charge in [0.05, 0.1) is 18.1 Å². The van der Waals surface area contributed by atoms with Crippen LogP contribution in [0, 0.1) is 0 Å². The normalized spacial score (nSPS) is 36.6. The molecule has 9 nitrogen and oxygen atoms in total. The summed E-state index contributed by atoms with van der Waals surface area (Å²) in [5, 5.41) is 0. The Balaban J connectivity index is 1.61. The lowest BCUT2D eigenvalue weighted by molar-refractivity contribution is -0.196. The third kappa shape index (κ3) is 1.88. The SMILES string of the molecule is CCOC(=O)N1CC23CC45c6c2ccc(OC(C)=O)c6O[C@H]4C(=O)CCC5(OC(C)=O)C13. The Kier molecular flexibility index (Phi) is 3.56. The molecule has 5 aliphatic rings. The van der Waals surface area contributed by atoms with Crippen LogP contribution in [-0.2, 0) is 34.7 Å². The first-order valence-electron chi connectivity index (χ1n) is 10.9. The first-order valence-corrected chi connectivity index (χ1v) is 10.9. The summed E-state index contributed by atoms with van der Waals surface area (Å²) >= 11 is 0. The van der Waals surface area contributed by atoms with Crippen molar-refractivity contribution in [1.82, 2.24) is 4.90 Å². The van der Waals surface area contributed by atoms with Crippen LogP contribution in [0.15, 0.2) is 12.1 Å². The van der Waals surface area contributed by atoms with Crippen LogP contribution in [0.2, 0.25) is 0 Å². The summed E-state index contributed by atoms with van der Waals surface area (Å²) in [6, 6.07) is 3.13. The number of ketones is 1. The summed E-state index contributed by atoms with van der Waals surface area (Å²) in [4.78, 5) is 51.6. The first-order chi connectivity index (χ1) is 15.2. The van der Waals surface area contributed by atoms with E-state index in [0.717, 1.165) is 11.1 Å². The van der Waals surface area contributed by atoms with Gasteiger partial charge in [-0.05, 0) is 31.4 Å². The van der Waals surface area contributed by atoms with Gasteiger partial charge in [-0.1, -0.05) is 6.07 Å². The van der Waals surface area contributed by atoms with E-state index in [1.54, 1.807) is 17.9 Å². The number of likely N-dealkylation sites (tertiary alicyclic amines) is 1. The van der Waals surface area contributed by atoms with Crippen LogP contribution < -0.4 is 9.47 Å². The van der Waals surface area contributed by atoms with Crippen LogP contribution in [0.3, 0.4) is 0 Å². The summed E-state index contributed by atoms with van der Waals surface area (Å²) in [6.07, 6.45) is -0.338. The average molecular weight is 441 g/mol. The van der Waals surface area contributed by atoms with Gasteiger partial charge in [-0.15, -0.1) is 0 Å². The molecule has 32 heavy (non-hydrogen) atoms. The summed E-state index contributed by atoms with van der Waals surface area (Å²) in [7, 11) is 0. The van der Waals surface area contributed by atoms with Crippen molar-refractivity contribution < 1.29 is 38.1 Å². The van der Waals surface area contributed by atoms with Crippen LogP contribution >= 0.6 is 0 Å². The van der Waals surface area contributed by atoms with E-state index in [2.05, 4.69) is 0 Å². The van der Waals surface area contributed by atoms with Crippen molar-refractivity contribution in [2.45, 2.75) is 68.6 Å². The van der Waals surface area contributed by atoms with E-state index in [4.69, 9.17) is 18.9 Å². The van der Waals surface area contributed by atoms with Gasteiger partial charge in [-0.25, -0.2) is 4.79 Å². The molecule has 2 bridgehead atoms. The maximum absolute atomic E-state index is 13.1. The maximum atomic E-state index is 13.1. The van der Waals surface area contributed by atoms with Crippen molar-refractivity contribution in [2.75, 3.05) is 13.2 Å². The van der Waals surface area contributed by atoms with E-state index in [1.165, 1.54) is 13.8 Å². The first kappa shape index (κ1) is 19.6. The standard InChI is InChI=1S/C23H23NO8/c1-4-29-20(28)24-10-21-9-22-16-13(21)5-6-15(30-11(2)25)17(16)31-18(22)14(27)7-8-23(22,19(21)24)32-12(3)26/h5-6,18-19H,4,7-10H2,1-3H3/t18-,19?,21?,22?,23?/m0/s1. The summed E-state index contributed by atoms with van der Waals surface area (Å²) in [6.45, 7) is 5.03. The third-order valence-electron chi connectivity index (χ3n) is 7.98. The molecule has 0 aromatic heterocycles. The van der Waals surface area contributed by atoms with Gasteiger partial charge < -0.3 is 18.9 Å². The Labute approximate surface area is 183 Å². The van der Waals surface area contributed by atoms with E-state index < -0.39 is 46.6 Å². The zero-order chi connectivity index (χ0) is 22.6. The number of esters is 2. The zero-order valence-electron chi connectivity index (χ0n) is 18.1. The molecule has 9 heteroatoms. The Morgan fingerprint density at radius 2 is 2.00 bits per heavy atom. The van der Waals surface area contributed by atoms with E-state index >= 15 is 0 Å². The Morgan fingerprint density at radius 3 is 2.69 bits per heavy atom. The van der Waals surface area contributed by atoms with Crippen molar-refractivity contribution in [3.05, 3.63) is 23.3 Å². The van der Waals surface area contributed by atoms with Crippen molar-refractivity contribution in [3.8, 4) is 11.5 Å². The fourth-order valence-electron chi connectivity index (χ4n) is 7.45. The number of fused-ring (bicyclic) bond motifs is 1. The molecule has 3 fully saturated rings. The summed E-state index contributed by atoms with van der Waals surface area (Å²) in [5.41, 5.74) is -0.770. The highest BCUT2D eigenvalue weighted by Crippen LogP contribution is 2.78. The second-order valence-corrected chi connectivity index (χ2v) is 9.39. The molecule has 1 saturated heterocycles. The van der Waals surface area contributed by atoms with E-state index in [1.807, 2.05) is 6.07 Å². The molecule has 3 aliphatic carbocycles. The number of carbonyl (C=O) groups excluding carboxylic acids is 4. The van der Waals surface area contributed by atoms with Crippen LogP contribution in [-0.4, -0.2) is 59.6 Å². The fourth-order valence-corrected chi connectivity index (χ4v) is 7.45. The van der Waals surface area contributed by atoms with E-state index in [0.29, 0.717) is 25.1 Å². The number of benzene rings is 1. The molecular formula is C23H23NO8. The molecular weight excluding hydrogens is 418 g/mol. The smallest absolute Gasteiger partial charge is 0.410 e. The number of hydrogen-bond acceptors (Lipinski definition) is 8. The summed E-state index contributed by atoms with van der Waals surface area (Å²) in [5.74, 6) is -0.418. The molecule has 168 valence electrons. The van der Waals surface area contributed by atoms with Crippen LogP contribution in [0.4, 0.5) is 4.79 Å². The number of ether oxygens (including phenoxy) is 4. The number of nitrogens with zero attached hydrogens (tertiary/aromatic N) is 1. The number of hydrogen-bond donors (Lipinski definition) is 0. The van der Waals surface area contributed by atoms with Gasteiger partial charge in [-0.3, -0.25) is 19.3 Å². The van der Waals surface area contributed by atoms with E-state index in [9.17, 15) is 19.2 Å². The highest BCUT2D eigenvalue weighted by Gasteiger charge is 2.89. The van der Waals surface area contributed by atoms with Gasteiger partial charge >= 0.3 is 18.0 Å². The summed E-state index contributed by atoms with van der Waals surface area (Å²) < 4.78 is 23.0. The van der Waals surface area contributed by atoms with Crippen molar-refractivity contribution in [2.24, 2.45) is 0 Å². The van der Waals surface area contributed by atoms with Crippen LogP contribution in [0.5, 0.6) is 11.5 Å². The highest BCUT2D eigenvalue weighted by atomic mass is 16.6. The lowest BCUT2D eigenvalue weighted by Gasteiger charge is -2.61. The van der Waals surface area contributed by atoms with Crippen LogP contribution in [0.1, 0.15) is 51.2 Å². The van der Waals surface area contributed by atoms with Crippen LogP contribution in [0.25, 0.3) is 0 Å². The molecule has 2 heterocycles. The number of rotatable bonds is 3. The van der Waals surface area contributed by atoms with Gasteiger partial charge in [-0.2, -0.15) is 0 Å². The van der Waals surface area contributed by atoms with Gasteiger partial charge in [0, 0.05) is 37.8 Å². The minimum absolute atomic E-state index is 0.0789. The van der Waals surface area contributed by atoms with Gasteiger partial charge in [0.2, 0.25) is 0 Å². The average Bonchev–Trinajstić information content (AvgIpc) is 3.26. The number of Topliss-reactive ketones (excluding diaryl/α,β-unsaturated/α-hetero) is 1. The van der Waals surface area contributed by atoms with Crippen molar-refractivity contribution in [3.63, 3.8) is 0 Å². The maximum Gasteiger partial charge on any atom is 0.410 e. The number of amides is 1. The molecule has 2 spiro atoms. The molecule has 1 aromatic carbocycles. The van der Waals surface area contributed by atoms with Gasteiger partial charge in [0.15, 0.2) is 23.4 Å². The molecule has 5 atom stereocenters. The molecule has 1 aromatic rings.